The second-order valence-corrected chi connectivity index (χ2v) is 7.61. The number of aryl methyl sites for hydroxylation is 2. The molecule has 1 heterocycles. The van der Waals surface area contributed by atoms with Gasteiger partial charge in [-0.1, -0.05) is 17.7 Å². The molecule has 2 aromatic carbocycles. The van der Waals surface area contributed by atoms with Crippen molar-refractivity contribution in [2.24, 2.45) is 0 Å². The highest BCUT2D eigenvalue weighted by Gasteiger charge is 2.17. The molecule has 31 heavy (non-hydrogen) atoms. The molecular weight excluding hydrogens is 394 g/mol. The van der Waals surface area contributed by atoms with Crippen LogP contribution in [-0.4, -0.2) is 34.4 Å². The van der Waals surface area contributed by atoms with Gasteiger partial charge in [-0.3, -0.25) is 4.79 Å². The third-order valence-corrected chi connectivity index (χ3v) is 4.63. The van der Waals surface area contributed by atoms with E-state index in [2.05, 4.69) is 10.4 Å². The van der Waals surface area contributed by atoms with E-state index < -0.39 is 18.5 Å². The molecular formula is C24H27N3O4. The van der Waals surface area contributed by atoms with Crippen LogP contribution in [0.2, 0.25) is 0 Å². The average Bonchev–Trinajstić information content (AvgIpc) is 3.01. The Morgan fingerprint density at radius 3 is 2.26 bits per heavy atom. The standard InChI is InChI=1S/C24H27N3O4/c1-15(2)31-21-12-8-19(9-13-21)24(29)30-14-22(28)25-23-17(4)26-27(18(23)5)20-10-6-16(3)7-11-20/h6-13,15H,14H2,1-5H3,(H,25,28). The monoisotopic (exact) mass is 421 g/mol. The molecule has 0 aliphatic carbocycles. The van der Waals surface area contributed by atoms with Crippen LogP contribution < -0.4 is 10.1 Å². The Morgan fingerprint density at radius 1 is 1.00 bits per heavy atom. The summed E-state index contributed by atoms with van der Waals surface area (Å²) in [6.07, 6.45) is 0.0452. The summed E-state index contributed by atoms with van der Waals surface area (Å²) in [5, 5.41) is 7.31. The summed E-state index contributed by atoms with van der Waals surface area (Å²) in [7, 11) is 0. The van der Waals surface area contributed by atoms with Gasteiger partial charge >= 0.3 is 5.97 Å². The van der Waals surface area contributed by atoms with Crippen LogP contribution in [0.1, 0.15) is 41.2 Å². The van der Waals surface area contributed by atoms with Crippen LogP contribution >= 0.6 is 0 Å². The van der Waals surface area contributed by atoms with Crippen molar-refractivity contribution in [3.63, 3.8) is 0 Å². The van der Waals surface area contributed by atoms with E-state index in [1.807, 2.05) is 58.9 Å². The van der Waals surface area contributed by atoms with Crippen molar-refractivity contribution in [2.75, 3.05) is 11.9 Å². The van der Waals surface area contributed by atoms with Gasteiger partial charge in [0.05, 0.1) is 34.4 Å². The zero-order valence-corrected chi connectivity index (χ0v) is 18.4. The quantitative estimate of drug-likeness (QED) is 0.573. The predicted octanol–water partition coefficient (Wildman–Crippen LogP) is 4.38. The first-order valence-corrected chi connectivity index (χ1v) is 10.1. The number of nitrogens with zero attached hydrogens (tertiary/aromatic N) is 2. The van der Waals surface area contributed by atoms with Crippen LogP contribution in [0.4, 0.5) is 5.69 Å². The average molecular weight is 421 g/mol. The highest BCUT2D eigenvalue weighted by molar-refractivity contribution is 5.96. The summed E-state index contributed by atoms with van der Waals surface area (Å²) in [5.74, 6) is -0.335. The summed E-state index contributed by atoms with van der Waals surface area (Å²) in [6, 6.07) is 14.6. The normalized spacial score (nSPS) is 10.8. The molecule has 0 atom stereocenters. The minimum atomic E-state index is -0.574. The van der Waals surface area contributed by atoms with Gasteiger partial charge in [-0.2, -0.15) is 5.10 Å². The zero-order valence-electron chi connectivity index (χ0n) is 18.4. The molecule has 3 aromatic rings. The number of esters is 1. The first-order valence-electron chi connectivity index (χ1n) is 10.1. The molecule has 7 heteroatoms. The fourth-order valence-electron chi connectivity index (χ4n) is 3.09. The van der Waals surface area contributed by atoms with Gasteiger partial charge in [0.2, 0.25) is 0 Å². The smallest absolute Gasteiger partial charge is 0.338 e. The molecule has 0 unspecified atom stereocenters. The largest absolute Gasteiger partial charge is 0.491 e. The molecule has 0 bridgehead atoms. The van der Waals surface area contributed by atoms with Gasteiger partial charge in [0, 0.05) is 0 Å². The van der Waals surface area contributed by atoms with Crippen LogP contribution in [0.15, 0.2) is 48.5 Å². The number of benzene rings is 2. The minimum absolute atomic E-state index is 0.0452. The van der Waals surface area contributed by atoms with E-state index in [0.717, 1.165) is 16.9 Å². The van der Waals surface area contributed by atoms with Crippen molar-refractivity contribution in [3.8, 4) is 11.4 Å². The number of carbonyl (C=O) groups is 2. The number of ether oxygens (including phenoxy) is 2. The van der Waals surface area contributed by atoms with Crippen LogP contribution in [0.5, 0.6) is 5.75 Å². The molecule has 0 fully saturated rings. The fraction of sp³-hybridized carbons (Fsp3) is 0.292. The molecule has 0 saturated carbocycles. The lowest BCUT2D eigenvalue weighted by Gasteiger charge is -2.10. The van der Waals surface area contributed by atoms with Crippen molar-refractivity contribution in [2.45, 2.75) is 40.7 Å². The Morgan fingerprint density at radius 2 is 1.65 bits per heavy atom. The minimum Gasteiger partial charge on any atom is -0.491 e. The molecule has 1 aromatic heterocycles. The van der Waals surface area contributed by atoms with Crippen LogP contribution in [0.3, 0.4) is 0 Å². The lowest BCUT2D eigenvalue weighted by atomic mass is 10.2. The molecule has 7 nitrogen and oxygen atoms in total. The van der Waals surface area contributed by atoms with Gasteiger partial charge in [0.15, 0.2) is 6.61 Å². The van der Waals surface area contributed by atoms with E-state index in [9.17, 15) is 9.59 Å². The number of aromatic nitrogens is 2. The molecule has 162 valence electrons. The van der Waals surface area contributed by atoms with Crippen molar-refractivity contribution < 1.29 is 19.1 Å². The Hall–Kier alpha value is -3.61. The Balaban J connectivity index is 1.61. The highest BCUT2D eigenvalue weighted by Crippen LogP contribution is 2.23. The molecule has 0 saturated heterocycles. The SMILES string of the molecule is Cc1ccc(-n2nc(C)c(NC(=O)COC(=O)c3ccc(OC(C)C)cc3)c2C)cc1. The maximum absolute atomic E-state index is 12.4. The topological polar surface area (TPSA) is 82.5 Å². The summed E-state index contributed by atoms with van der Waals surface area (Å²) in [4.78, 5) is 24.6. The first-order chi connectivity index (χ1) is 14.7. The number of anilines is 1. The van der Waals surface area contributed by atoms with Gasteiger partial charge in [-0.25, -0.2) is 9.48 Å². The second-order valence-electron chi connectivity index (χ2n) is 7.61. The van der Waals surface area contributed by atoms with Crippen molar-refractivity contribution >= 4 is 17.6 Å². The third kappa shape index (κ3) is 5.51. The Bertz CT molecular complexity index is 1070. The Kier molecular flexibility index (Phi) is 6.74. The molecule has 0 aliphatic rings. The molecule has 0 radical (unpaired) electrons. The number of carbonyl (C=O) groups excluding carboxylic acids is 2. The zero-order chi connectivity index (χ0) is 22.5. The molecule has 3 rings (SSSR count). The van der Waals surface area contributed by atoms with E-state index in [1.165, 1.54) is 0 Å². The number of nitrogens with one attached hydrogen (secondary N) is 1. The van der Waals surface area contributed by atoms with E-state index in [1.54, 1.807) is 28.9 Å². The summed E-state index contributed by atoms with van der Waals surface area (Å²) in [5.41, 5.74) is 4.49. The van der Waals surface area contributed by atoms with E-state index in [4.69, 9.17) is 9.47 Å². The summed E-state index contributed by atoms with van der Waals surface area (Å²) < 4.78 is 12.5. The first kappa shape index (κ1) is 22.1. The highest BCUT2D eigenvalue weighted by atomic mass is 16.5. The van der Waals surface area contributed by atoms with Crippen molar-refractivity contribution in [1.29, 1.82) is 0 Å². The molecule has 1 amide bonds. The fourth-order valence-corrected chi connectivity index (χ4v) is 3.09. The van der Waals surface area contributed by atoms with E-state index in [-0.39, 0.29) is 6.10 Å². The summed E-state index contributed by atoms with van der Waals surface area (Å²) in [6.45, 7) is 9.18. The van der Waals surface area contributed by atoms with Crippen molar-refractivity contribution in [1.82, 2.24) is 9.78 Å². The van der Waals surface area contributed by atoms with Gasteiger partial charge in [0.25, 0.3) is 5.91 Å². The number of hydrogen-bond acceptors (Lipinski definition) is 5. The van der Waals surface area contributed by atoms with E-state index >= 15 is 0 Å². The maximum atomic E-state index is 12.4. The van der Waals surface area contributed by atoms with Crippen LogP contribution in [-0.2, 0) is 9.53 Å². The predicted molar refractivity (Wildman–Crippen MR) is 119 cm³/mol. The van der Waals surface area contributed by atoms with Crippen LogP contribution in [0.25, 0.3) is 5.69 Å². The number of amides is 1. The van der Waals surface area contributed by atoms with E-state index in [0.29, 0.717) is 22.7 Å². The van der Waals surface area contributed by atoms with Gasteiger partial charge < -0.3 is 14.8 Å². The Labute approximate surface area is 182 Å². The number of rotatable bonds is 7. The molecule has 0 spiro atoms. The summed E-state index contributed by atoms with van der Waals surface area (Å²) >= 11 is 0. The van der Waals surface area contributed by atoms with Gasteiger partial charge in [-0.05, 0) is 71.0 Å². The lowest BCUT2D eigenvalue weighted by molar-refractivity contribution is -0.119. The third-order valence-electron chi connectivity index (χ3n) is 4.63. The second kappa shape index (κ2) is 9.47. The van der Waals surface area contributed by atoms with Crippen LogP contribution in [0, 0.1) is 20.8 Å². The van der Waals surface area contributed by atoms with Crippen molar-refractivity contribution in [3.05, 3.63) is 71.0 Å². The van der Waals surface area contributed by atoms with Gasteiger partial charge in [-0.15, -0.1) is 0 Å². The molecule has 0 aliphatic heterocycles. The number of hydrogen-bond donors (Lipinski definition) is 1. The lowest BCUT2D eigenvalue weighted by Crippen LogP contribution is -2.21. The van der Waals surface area contributed by atoms with Gasteiger partial charge in [0.1, 0.15) is 5.75 Å². The molecule has 1 N–H and O–H groups in total. The maximum Gasteiger partial charge on any atom is 0.338 e.